The Labute approximate surface area is 194 Å². The maximum absolute atomic E-state index is 13.4. The third-order valence-corrected chi connectivity index (χ3v) is 6.05. The van der Waals surface area contributed by atoms with Crippen molar-refractivity contribution in [1.29, 1.82) is 0 Å². The molecule has 0 saturated heterocycles. The van der Waals surface area contributed by atoms with Gasteiger partial charge >= 0.3 is 12.4 Å². The normalized spacial score (nSPS) is 14.5. The molecule has 0 spiro atoms. The number of hydrogen-bond acceptors (Lipinski definition) is 6. The molecule has 5 heterocycles. The molecule has 1 aliphatic rings. The van der Waals surface area contributed by atoms with Crippen LogP contribution in [0.2, 0.25) is 0 Å². The van der Waals surface area contributed by atoms with Gasteiger partial charge in [0.25, 0.3) is 5.82 Å². The molecule has 7 nitrogen and oxygen atoms in total. The maximum Gasteiger partial charge on any atom is 0.453 e. The van der Waals surface area contributed by atoms with E-state index >= 15 is 0 Å². The lowest BCUT2D eigenvalue weighted by atomic mass is 10.0. The van der Waals surface area contributed by atoms with Crippen LogP contribution in [0.5, 0.6) is 0 Å². The molecule has 13 heteroatoms. The predicted molar refractivity (Wildman–Crippen MR) is 112 cm³/mol. The molecule has 0 fully saturated rings. The molecule has 5 rings (SSSR count). The highest BCUT2D eigenvalue weighted by Gasteiger charge is 2.38. The summed E-state index contributed by atoms with van der Waals surface area (Å²) < 4.78 is 79.4. The van der Waals surface area contributed by atoms with Crippen molar-refractivity contribution in [2.75, 3.05) is 11.4 Å². The summed E-state index contributed by atoms with van der Waals surface area (Å²) >= 11 is 0. The van der Waals surface area contributed by atoms with E-state index in [1.54, 1.807) is 26.1 Å². The van der Waals surface area contributed by atoms with Crippen molar-refractivity contribution >= 4 is 11.5 Å². The van der Waals surface area contributed by atoms with Crippen molar-refractivity contribution in [3.63, 3.8) is 0 Å². The molecule has 0 amide bonds. The fourth-order valence-corrected chi connectivity index (χ4v) is 4.09. The van der Waals surface area contributed by atoms with E-state index in [0.29, 0.717) is 47.6 Å². The summed E-state index contributed by atoms with van der Waals surface area (Å²) in [6, 6.07) is 4.04. The minimum absolute atomic E-state index is 0.0368. The number of fused-ring (bicyclic) bond motifs is 2. The standard InChI is InChI=1S/C22H17F6N7/c1-11-12(2)19(33-35-18(11)31-32-20(35)22(26,27)28)34-6-5-16-15(10-34)7-14(9-29-16)13-3-4-17(30-8-13)21(23,24)25/h3-4,7-9H,5-6,10H2,1-2H3. The Morgan fingerprint density at radius 1 is 0.857 bits per heavy atom. The molecule has 4 aromatic rings. The Balaban J connectivity index is 1.50. The zero-order valence-corrected chi connectivity index (χ0v) is 18.4. The molecule has 0 N–H and O–H groups in total. The van der Waals surface area contributed by atoms with Gasteiger partial charge in [0.15, 0.2) is 11.5 Å². The average molecular weight is 493 g/mol. The van der Waals surface area contributed by atoms with Gasteiger partial charge in [-0.25, -0.2) is 0 Å². The van der Waals surface area contributed by atoms with Crippen LogP contribution in [0.25, 0.3) is 16.8 Å². The summed E-state index contributed by atoms with van der Waals surface area (Å²) in [5.74, 6) is -0.833. The fraction of sp³-hybridized carbons (Fsp3) is 0.318. The van der Waals surface area contributed by atoms with Crippen LogP contribution >= 0.6 is 0 Å². The lowest BCUT2D eigenvalue weighted by Crippen LogP contribution is -2.33. The minimum atomic E-state index is -4.71. The van der Waals surface area contributed by atoms with Crippen molar-refractivity contribution in [3.05, 3.63) is 64.5 Å². The van der Waals surface area contributed by atoms with Crippen LogP contribution in [0.1, 0.15) is 33.9 Å². The van der Waals surface area contributed by atoms with Crippen LogP contribution in [0, 0.1) is 13.8 Å². The Bertz CT molecular complexity index is 1420. The SMILES string of the molecule is Cc1c(N2CCc3ncc(-c4ccc(C(F)(F)F)nc4)cc3C2)nn2c(C(F)(F)F)nnc2c1C. The van der Waals surface area contributed by atoms with Crippen LogP contribution in [0.15, 0.2) is 30.6 Å². The summed E-state index contributed by atoms with van der Waals surface area (Å²) in [4.78, 5) is 9.79. The highest BCUT2D eigenvalue weighted by atomic mass is 19.4. The zero-order chi connectivity index (χ0) is 25.1. The molecule has 0 saturated carbocycles. The molecule has 0 aliphatic carbocycles. The van der Waals surface area contributed by atoms with Crippen molar-refractivity contribution in [2.45, 2.75) is 39.2 Å². The van der Waals surface area contributed by atoms with Crippen LogP contribution in [0.3, 0.4) is 0 Å². The van der Waals surface area contributed by atoms with Gasteiger partial charge in [0.1, 0.15) is 5.69 Å². The van der Waals surface area contributed by atoms with Gasteiger partial charge in [0.05, 0.1) is 0 Å². The number of aromatic nitrogens is 6. The van der Waals surface area contributed by atoms with Gasteiger partial charge in [0, 0.05) is 59.9 Å². The van der Waals surface area contributed by atoms with Crippen LogP contribution in [-0.2, 0) is 25.3 Å². The van der Waals surface area contributed by atoms with E-state index in [-0.39, 0.29) is 5.65 Å². The Morgan fingerprint density at radius 2 is 1.60 bits per heavy atom. The van der Waals surface area contributed by atoms with E-state index in [4.69, 9.17) is 0 Å². The third kappa shape index (κ3) is 4.04. The fourth-order valence-electron chi connectivity index (χ4n) is 4.09. The van der Waals surface area contributed by atoms with E-state index in [9.17, 15) is 26.3 Å². The topological polar surface area (TPSA) is 72.1 Å². The molecule has 35 heavy (non-hydrogen) atoms. The van der Waals surface area contributed by atoms with E-state index in [0.717, 1.165) is 28.0 Å². The highest BCUT2D eigenvalue weighted by Crippen LogP contribution is 2.33. The van der Waals surface area contributed by atoms with Gasteiger partial charge in [-0.2, -0.15) is 30.9 Å². The second-order valence-electron chi connectivity index (χ2n) is 8.26. The summed E-state index contributed by atoms with van der Waals surface area (Å²) in [6.45, 7) is 4.22. The second-order valence-corrected chi connectivity index (χ2v) is 8.26. The number of anilines is 1. The Hall–Kier alpha value is -3.77. The minimum Gasteiger partial charge on any atom is -0.350 e. The van der Waals surface area contributed by atoms with Crippen LogP contribution in [-0.4, -0.2) is 36.3 Å². The number of hydrogen-bond donors (Lipinski definition) is 0. The molecule has 0 atom stereocenters. The number of alkyl halides is 6. The van der Waals surface area contributed by atoms with Crippen molar-refractivity contribution in [3.8, 4) is 11.1 Å². The predicted octanol–water partition coefficient (Wildman–Crippen LogP) is 4.80. The molecular formula is C22H17F6N7. The molecule has 0 unspecified atom stereocenters. The van der Waals surface area contributed by atoms with E-state index in [1.807, 2.05) is 4.90 Å². The van der Waals surface area contributed by atoms with Gasteiger partial charge < -0.3 is 4.90 Å². The van der Waals surface area contributed by atoms with Crippen molar-refractivity contribution < 1.29 is 26.3 Å². The lowest BCUT2D eigenvalue weighted by Gasteiger charge is -2.31. The third-order valence-electron chi connectivity index (χ3n) is 6.05. The summed E-state index contributed by atoms with van der Waals surface area (Å²) in [5.41, 5.74) is 2.92. The van der Waals surface area contributed by atoms with E-state index < -0.39 is 23.9 Å². The number of nitrogens with zero attached hydrogens (tertiary/aromatic N) is 7. The van der Waals surface area contributed by atoms with Crippen LogP contribution in [0.4, 0.5) is 32.2 Å². The van der Waals surface area contributed by atoms with Gasteiger partial charge in [0.2, 0.25) is 0 Å². The largest absolute Gasteiger partial charge is 0.453 e. The first kappa shape index (κ1) is 23.0. The summed E-state index contributed by atoms with van der Waals surface area (Å²) in [5, 5.41) is 11.2. The number of halogens is 6. The monoisotopic (exact) mass is 493 g/mol. The molecule has 182 valence electrons. The van der Waals surface area contributed by atoms with Crippen molar-refractivity contribution in [1.82, 2.24) is 29.8 Å². The molecule has 0 bridgehead atoms. The first-order valence-electron chi connectivity index (χ1n) is 10.5. The maximum atomic E-state index is 13.4. The number of rotatable bonds is 2. The molecule has 4 aromatic heterocycles. The Kier molecular flexibility index (Phi) is 5.18. The van der Waals surface area contributed by atoms with Gasteiger partial charge in [-0.1, -0.05) is 6.07 Å². The van der Waals surface area contributed by atoms with Gasteiger partial charge in [-0.05, 0) is 31.5 Å². The number of pyridine rings is 2. The lowest BCUT2D eigenvalue weighted by molar-refractivity contribution is -0.146. The summed E-state index contributed by atoms with van der Waals surface area (Å²) in [6.07, 6.45) is -6.01. The second kappa shape index (κ2) is 7.89. The van der Waals surface area contributed by atoms with Crippen LogP contribution < -0.4 is 4.90 Å². The van der Waals surface area contributed by atoms with E-state index in [1.165, 1.54) is 6.07 Å². The van der Waals surface area contributed by atoms with Gasteiger partial charge in [-0.15, -0.1) is 15.3 Å². The smallest absolute Gasteiger partial charge is 0.350 e. The molecule has 0 aromatic carbocycles. The van der Waals surface area contributed by atoms with Gasteiger partial charge in [-0.3, -0.25) is 9.97 Å². The highest BCUT2D eigenvalue weighted by molar-refractivity contribution is 5.64. The molecule has 1 aliphatic heterocycles. The first-order valence-corrected chi connectivity index (χ1v) is 10.5. The average Bonchev–Trinajstić information content (AvgIpc) is 3.25. The molecule has 0 radical (unpaired) electrons. The zero-order valence-electron chi connectivity index (χ0n) is 18.4. The number of aryl methyl sites for hydroxylation is 1. The Morgan fingerprint density at radius 3 is 2.26 bits per heavy atom. The molecular weight excluding hydrogens is 476 g/mol. The van der Waals surface area contributed by atoms with E-state index in [2.05, 4.69) is 25.3 Å². The first-order chi connectivity index (χ1) is 16.4. The summed E-state index contributed by atoms with van der Waals surface area (Å²) in [7, 11) is 0. The quantitative estimate of drug-likeness (QED) is 0.374. The van der Waals surface area contributed by atoms with Crippen molar-refractivity contribution in [2.24, 2.45) is 0 Å².